The zero-order valence-corrected chi connectivity index (χ0v) is 20.8. The molecule has 0 aliphatic carbocycles. The van der Waals surface area contributed by atoms with Gasteiger partial charge in [0.1, 0.15) is 15.8 Å². The molecule has 0 spiro atoms. The van der Waals surface area contributed by atoms with Crippen LogP contribution in [0.1, 0.15) is 31.2 Å². The Labute approximate surface area is 203 Å². The monoisotopic (exact) mass is 500 g/mol. The molecule has 0 saturated carbocycles. The molecular weight excluding hydrogens is 476 g/mol. The first kappa shape index (κ1) is 22.9. The summed E-state index contributed by atoms with van der Waals surface area (Å²) >= 11 is 2.58. The first-order valence-electron chi connectivity index (χ1n) is 10.9. The maximum atomic E-state index is 14.0. The number of aliphatic carboxylic acids is 1. The van der Waals surface area contributed by atoms with Gasteiger partial charge >= 0.3 is 5.97 Å². The second kappa shape index (κ2) is 8.71. The fourth-order valence-corrected chi connectivity index (χ4v) is 6.20. The molecule has 3 aromatic heterocycles. The smallest absolute Gasteiger partial charge is 0.316 e. The Bertz CT molecular complexity index is 1450. The lowest BCUT2D eigenvalue weighted by Crippen LogP contribution is -2.28. The van der Waals surface area contributed by atoms with Gasteiger partial charge in [0.25, 0.3) is 5.56 Å². The van der Waals surface area contributed by atoms with Gasteiger partial charge in [0.2, 0.25) is 5.78 Å². The summed E-state index contributed by atoms with van der Waals surface area (Å²) in [4.78, 5) is 27.2. The molecule has 1 N–H and O–H groups in total. The van der Waals surface area contributed by atoms with Crippen molar-refractivity contribution in [2.75, 3.05) is 7.11 Å². The van der Waals surface area contributed by atoms with Crippen LogP contribution in [0.2, 0.25) is 0 Å². The number of aromatic nitrogens is 4. The van der Waals surface area contributed by atoms with E-state index in [2.05, 4.69) is 24.0 Å². The van der Waals surface area contributed by atoms with Crippen LogP contribution in [0, 0.1) is 5.92 Å². The van der Waals surface area contributed by atoms with Gasteiger partial charge < -0.3 is 14.6 Å². The van der Waals surface area contributed by atoms with Gasteiger partial charge in [-0.1, -0.05) is 25.6 Å². The van der Waals surface area contributed by atoms with Crippen molar-refractivity contribution in [3.63, 3.8) is 0 Å². The summed E-state index contributed by atoms with van der Waals surface area (Å²) in [5.41, 5.74) is 1.44. The predicted molar refractivity (Wildman–Crippen MR) is 131 cm³/mol. The van der Waals surface area contributed by atoms with Gasteiger partial charge in [-0.05, 0) is 42.7 Å². The minimum atomic E-state index is -0.944. The van der Waals surface area contributed by atoms with Crippen LogP contribution in [0.25, 0.3) is 21.7 Å². The van der Waals surface area contributed by atoms with E-state index >= 15 is 0 Å². The molecule has 1 aliphatic heterocycles. The van der Waals surface area contributed by atoms with Crippen LogP contribution in [0.3, 0.4) is 0 Å². The van der Waals surface area contributed by atoms with Gasteiger partial charge in [-0.3, -0.25) is 9.59 Å². The highest BCUT2D eigenvalue weighted by molar-refractivity contribution is 8.00. The number of hydrogen-bond donors (Lipinski definition) is 1. The normalized spacial score (nSPS) is 16.8. The Balaban J connectivity index is 1.82. The molecule has 1 aliphatic rings. The van der Waals surface area contributed by atoms with Gasteiger partial charge in [0, 0.05) is 11.3 Å². The number of thiophene rings is 1. The molecule has 0 saturated heterocycles. The van der Waals surface area contributed by atoms with E-state index in [1.54, 1.807) is 42.7 Å². The van der Waals surface area contributed by atoms with Crippen molar-refractivity contribution < 1.29 is 19.4 Å². The lowest BCUT2D eigenvalue weighted by molar-refractivity contribution is -0.136. The summed E-state index contributed by atoms with van der Waals surface area (Å²) in [5.74, 6) is 0.377. The lowest BCUT2D eigenvalue weighted by Gasteiger charge is -2.26. The number of fused-ring (bicyclic) bond motifs is 5. The molecule has 11 heteroatoms. The molecule has 0 bridgehead atoms. The summed E-state index contributed by atoms with van der Waals surface area (Å²) in [6.07, 6.45) is 0.670. The van der Waals surface area contributed by atoms with Gasteiger partial charge in [-0.15, -0.1) is 21.5 Å². The number of carboxylic acid groups (broad SMARTS) is 1. The third kappa shape index (κ3) is 3.68. The van der Waals surface area contributed by atoms with Gasteiger partial charge in [0.15, 0.2) is 5.16 Å². The van der Waals surface area contributed by atoms with Gasteiger partial charge in [-0.25, -0.2) is 8.97 Å². The van der Waals surface area contributed by atoms with E-state index in [-0.39, 0.29) is 11.7 Å². The molecule has 4 aromatic rings. The summed E-state index contributed by atoms with van der Waals surface area (Å²) in [6.45, 7) is 6.27. The molecule has 9 nitrogen and oxygen atoms in total. The first-order chi connectivity index (χ1) is 16.3. The van der Waals surface area contributed by atoms with E-state index in [4.69, 9.17) is 9.47 Å². The summed E-state index contributed by atoms with van der Waals surface area (Å²) < 4.78 is 14.7. The summed E-state index contributed by atoms with van der Waals surface area (Å²) in [6, 6.07) is 7.16. The Kier molecular flexibility index (Phi) is 5.86. The number of methoxy groups -OCH3 is 1. The fraction of sp³-hybridized carbons (Fsp3) is 0.391. The van der Waals surface area contributed by atoms with E-state index in [9.17, 15) is 14.7 Å². The highest BCUT2D eigenvalue weighted by Gasteiger charge is 2.30. The zero-order chi connectivity index (χ0) is 24.1. The Morgan fingerprint density at radius 1 is 1.26 bits per heavy atom. The SMILES string of the molecule is COc1ccc(-n2c(=O)c3c4c(sc3n3c(SC(C)C(=O)O)nnc23)COC(C(C)C)C4)cc1. The molecule has 0 amide bonds. The van der Waals surface area contributed by atoms with Crippen molar-refractivity contribution in [3.05, 3.63) is 45.1 Å². The summed E-state index contributed by atoms with van der Waals surface area (Å²) in [5, 5.41) is 18.4. The van der Waals surface area contributed by atoms with Crippen molar-refractivity contribution >= 4 is 45.1 Å². The van der Waals surface area contributed by atoms with E-state index in [0.29, 0.717) is 51.5 Å². The maximum absolute atomic E-state index is 14.0. The third-order valence-corrected chi connectivity index (χ3v) is 8.27. The van der Waals surface area contributed by atoms with E-state index in [1.807, 2.05) is 0 Å². The molecule has 0 radical (unpaired) electrons. The minimum absolute atomic E-state index is 0.0247. The molecule has 178 valence electrons. The van der Waals surface area contributed by atoms with Crippen molar-refractivity contribution in [2.45, 2.75) is 50.3 Å². The van der Waals surface area contributed by atoms with Crippen molar-refractivity contribution in [1.82, 2.24) is 19.2 Å². The average molecular weight is 501 g/mol. The maximum Gasteiger partial charge on any atom is 0.316 e. The summed E-state index contributed by atoms with van der Waals surface area (Å²) in [7, 11) is 1.59. The first-order valence-corrected chi connectivity index (χ1v) is 12.6. The number of rotatable bonds is 6. The van der Waals surface area contributed by atoms with Crippen LogP contribution in [0.5, 0.6) is 5.75 Å². The molecule has 1 aromatic carbocycles. The average Bonchev–Trinajstić information content (AvgIpc) is 3.40. The van der Waals surface area contributed by atoms with Crippen molar-refractivity contribution in [2.24, 2.45) is 5.92 Å². The van der Waals surface area contributed by atoms with Crippen molar-refractivity contribution in [1.29, 1.82) is 0 Å². The van der Waals surface area contributed by atoms with Crippen LogP contribution in [0.4, 0.5) is 0 Å². The molecule has 5 rings (SSSR count). The molecular formula is C23H24N4O5S2. The molecule has 34 heavy (non-hydrogen) atoms. The number of benzene rings is 1. The van der Waals surface area contributed by atoms with Crippen LogP contribution < -0.4 is 10.3 Å². The quantitative estimate of drug-likeness (QED) is 0.399. The second-order valence-electron chi connectivity index (χ2n) is 8.54. The molecule has 2 unspecified atom stereocenters. The molecule has 4 heterocycles. The van der Waals surface area contributed by atoms with E-state index in [0.717, 1.165) is 22.2 Å². The van der Waals surface area contributed by atoms with E-state index < -0.39 is 11.2 Å². The zero-order valence-electron chi connectivity index (χ0n) is 19.1. The van der Waals surface area contributed by atoms with Gasteiger partial charge in [0.05, 0.1) is 30.9 Å². The molecule has 2 atom stereocenters. The molecule has 0 fully saturated rings. The topological polar surface area (TPSA) is 108 Å². The van der Waals surface area contributed by atoms with Gasteiger partial charge in [-0.2, -0.15) is 0 Å². The van der Waals surface area contributed by atoms with Crippen LogP contribution >= 0.6 is 23.1 Å². The second-order valence-corrected chi connectivity index (χ2v) is 10.9. The number of ether oxygens (including phenoxy) is 2. The lowest BCUT2D eigenvalue weighted by atomic mass is 9.96. The third-order valence-electron chi connectivity index (χ3n) is 6.05. The Morgan fingerprint density at radius 2 is 2.00 bits per heavy atom. The predicted octanol–water partition coefficient (Wildman–Crippen LogP) is 3.77. The number of carbonyl (C=O) groups is 1. The van der Waals surface area contributed by atoms with Crippen LogP contribution in [-0.2, 0) is 22.6 Å². The number of nitrogens with zero attached hydrogens (tertiary/aromatic N) is 4. The largest absolute Gasteiger partial charge is 0.497 e. The van der Waals surface area contributed by atoms with Crippen molar-refractivity contribution in [3.8, 4) is 11.4 Å². The number of carboxylic acids is 1. The highest BCUT2D eigenvalue weighted by atomic mass is 32.2. The van der Waals surface area contributed by atoms with Crippen LogP contribution in [0.15, 0.2) is 34.2 Å². The number of hydrogen-bond acceptors (Lipinski definition) is 8. The Hall–Kier alpha value is -2.89. The number of thioether (sulfide) groups is 1. The minimum Gasteiger partial charge on any atom is -0.497 e. The Morgan fingerprint density at radius 3 is 2.65 bits per heavy atom. The van der Waals surface area contributed by atoms with Crippen LogP contribution in [-0.4, -0.2) is 48.7 Å². The van der Waals surface area contributed by atoms with E-state index in [1.165, 1.54) is 15.9 Å². The fourth-order valence-electron chi connectivity index (χ4n) is 4.12. The highest BCUT2D eigenvalue weighted by Crippen LogP contribution is 2.38. The standard InChI is InChI=1S/C23H24N4O5S2/c1-11(2)16-9-15-17(10-32-16)34-20-18(15)19(28)26(13-5-7-14(31-4)8-6-13)22-24-25-23(27(20)22)33-12(3)21(29)30/h5-8,11-12,16H,9-10H2,1-4H3,(H,29,30).